The first-order chi connectivity index (χ1) is 8.74. The number of carbonyl (C=O) groups is 1. The first-order valence-corrected chi connectivity index (χ1v) is 5.31. The van der Waals surface area contributed by atoms with Crippen LogP contribution >= 0.6 is 0 Å². The van der Waals surface area contributed by atoms with Gasteiger partial charge in [-0.1, -0.05) is 17.2 Å². The minimum Gasteiger partial charge on any atom is -0.497 e. The highest BCUT2D eigenvalue weighted by Crippen LogP contribution is 2.28. The summed E-state index contributed by atoms with van der Waals surface area (Å²) in [5.41, 5.74) is 9.36. The normalized spacial score (nSPS) is 18.9. The lowest BCUT2D eigenvalue weighted by Gasteiger charge is -2.17. The molecule has 0 saturated heterocycles. The van der Waals surface area contributed by atoms with E-state index in [2.05, 4.69) is 10.0 Å². The second-order valence-corrected chi connectivity index (χ2v) is 3.68. The smallest absolute Gasteiger partial charge is 0.331 e. The van der Waals surface area contributed by atoms with Crippen LogP contribution < -0.4 is 4.74 Å². The Labute approximate surface area is 103 Å². The van der Waals surface area contributed by atoms with E-state index >= 15 is 0 Å². The van der Waals surface area contributed by atoms with Crippen molar-refractivity contribution in [2.45, 2.75) is 12.1 Å². The van der Waals surface area contributed by atoms with Crippen molar-refractivity contribution < 1.29 is 14.3 Å². The summed E-state index contributed by atoms with van der Waals surface area (Å²) >= 11 is 0. The van der Waals surface area contributed by atoms with Crippen molar-refractivity contribution in [3.8, 4) is 5.75 Å². The van der Waals surface area contributed by atoms with Gasteiger partial charge in [0.25, 0.3) is 0 Å². The van der Waals surface area contributed by atoms with Crippen LogP contribution in [0.25, 0.3) is 10.4 Å². The average molecular weight is 245 g/mol. The summed E-state index contributed by atoms with van der Waals surface area (Å²) in [5, 5.41) is 3.68. The number of carbonyl (C=O) groups excluding carboxylic acids is 1. The van der Waals surface area contributed by atoms with E-state index in [1.807, 2.05) is 0 Å². The predicted octanol–water partition coefficient (Wildman–Crippen LogP) is 2.53. The number of methoxy groups -OCH3 is 1. The van der Waals surface area contributed by atoms with E-state index in [1.54, 1.807) is 37.5 Å². The Hall–Kier alpha value is -2.46. The summed E-state index contributed by atoms with van der Waals surface area (Å²) in [6.45, 7) is 0. The summed E-state index contributed by atoms with van der Waals surface area (Å²) < 4.78 is 10.1. The highest BCUT2D eigenvalue weighted by Gasteiger charge is 2.27. The van der Waals surface area contributed by atoms with Crippen molar-refractivity contribution in [1.29, 1.82) is 0 Å². The summed E-state index contributed by atoms with van der Waals surface area (Å²) in [6.07, 6.45) is 2.36. The molecule has 92 valence electrons. The van der Waals surface area contributed by atoms with Gasteiger partial charge in [0.2, 0.25) is 0 Å². The van der Waals surface area contributed by atoms with Gasteiger partial charge >= 0.3 is 5.97 Å². The van der Waals surface area contributed by atoms with Crippen molar-refractivity contribution in [2.24, 2.45) is 5.11 Å². The first kappa shape index (κ1) is 12.0. The molecule has 1 aliphatic rings. The molecule has 2 rings (SSSR count). The van der Waals surface area contributed by atoms with E-state index < -0.39 is 18.1 Å². The van der Waals surface area contributed by atoms with Crippen molar-refractivity contribution in [2.75, 3.05) is 7.11 Å². The predicted molar refractivity (Wildman–Crippen MR) is 63.9 cm³/mol. The second kappa shape index (κ2) is 5.25. The van der Waals surface area contributed by atoms with Gasteiger partial charge in [-0.25, -0.2) is 4.79 Å². The van der Waals surface area contributed by atoms with Crippen LogP contribution in [-0.2, 0) is 9.53 Å². The molecule has 1 aromatic carbocycles. The number of hydrogen-bond acceptors (Lipinski definition) is 4. The molecule has 0 bridgehead atoms. The number of ether oxygens (including phenoxy) is 2. The van der Waals surface area contributed by atoms with E-state index in [1.165, 1.54) is 6.08 Å². The standard InChI is InChI=1S/C12H11N3O3/c1-17-9-4-2-8(3-5-9)12(14-15-13)10-6-7-11(16)18-10/h2-7,10,12H,1H3. The van der Waals surface area contributed by atoms with E-state index in [-0.39, 0.29) is 0 Å². The molecule has 2 unspecified atom stereocenters. The zero-order chi connectivity index (χ0) is 13.0. The van der Waals surface area contributed by atoms with Crippen molar-refractivity contribution in [3.05, 3.63) is 52.4 Å². The third kappa shape index (κ3) is 2.44. The fourth-order valence-electron chi connectivity index (χ4n) is 1.73. The number of hydrogen-bond donors (Lipinski definition) is 0. The Balaban J connectivity index is 2.26. The minimum absolute atomic E-state index is 0.424. The van der Waals surface area contributed by atoms with Gasteiger partial charge in [0.05, 0.1) is 7.11 Å². The molecule has 1 aliphatic heterocycles. The van der Waals surface area contributed by atoms with Gasteiger partial charge < -0.3 is 9.47 Å². The quantitative estimate of drug-likeness (QED) is 0.353. The lowest BCUT2D eigenvalue weighted by Crippen LogP contribution is -2.16. The SMILES string of the molecule is COc1ccc(C(N=[N+]=[N-])C2C=CC(=O)O2)cc1. The third-order valence-electron chi connectivity index (χ3n) is 2.62. The molecule has 2 atom stereocenters. The Kier molecular flexibility index (Phi) is 3.50. The van der Waals surface area contributed by atoms with Gasteiger partial charge in [-0.05, 0) is 29.3 Å². The zero-order valence-corrected chi connectivity index (χ0v) is 9.69. The molecule has 0 radical (unpaired) electrons. The summed E-state index contributed by atoms with van der Waals surface area (Å²) in [6, 6.07) is 6.51. The van der Waals surface area contributed by atoms with Crippen LogP contribution in [0.5, 0.6) is 5.75 Å². The van der Waals surface area contributed by atoms with Crippen LogP contribution in [-0.4, -0.2) is 19.2 Å². The van der Waals surface area contributed by atoms with E-state index in [0.29, 0.717) is 5.75 Å². The highest BCUT2D eigenvalue weighted by molar-refractivity contribution is 5.84. The molecule has 0 spiro atoms. The summed E-state index contributed by atoms with van der Waals surface area (Å²) in [5.74, 6) is 0.282. The van der Waals surface area contributed by atoms with Crippen molar-refractivity contribution >= 4 is 5.97 Å². The molecule has 6 nitrogen and oxygen atoms in total. The highest BCUT2D eigenvalue weighted by atomic mass is 16.5. The van der Waals surface area contributed by atoms with Crippen molar-refractivity contribution in [3.63, 3.8) is 0 Å². The number of azide groups is 1. The van der Waals surface area contributed by atoms with Crippen molar-refractivity contribution in [1.82, 2.24) is 0 Å². The number of benzene rings is 1. The summed E-state index contributed by atoms with van der Waals surface area (Å²) in [7, 11) is 1.57. The number of nitrogens with zero attached hydrogens (tertiary/aromatic N) is 3. The van der Waals surface area contributed by atoms with E-state index in [9.17, 15) is 4.79 Å². The maximum absolute atomic E-state index is 11.0. The van der Waals surface area contributed by atoms with Gasteiger partial charge in [-0.3, -0.25) is 0 Å². The molecule has 0 saturated carbocycles. The van der Waals surface area contributed by atoms with E-state index in [0.717, 1.165) is 5.56 Å². The maximum Gasteiger partial charge on any atom is 0.331 e. The molecule has 1 heterocycles. The summed E-state index contributed by atoms with van der Waals surface area (Å²) in [4.78, 5) is 13.8. The third-order valence-corrected chi connectivity index (χ3v) is 2.62. The number of cyclic esters (lactones) is 1. The molecule has 6 heteroatoms. The minimum atomic E-state index is -0.566. The number of rotatable bonds is 4. The molecule has 0 aromatic heterocycles. The zero-order valence-electron chi connectivity index (χ0n) is 9.69. The Morgan fingerprint density at radius 2 is 2.17 bits per heavy atom. The molecule has 1 aromatic rings. The van der Waals surface area contributed by atoms with Crippen LogP contribution in [0.15, 0.2) is 41.5 Å². The van der Waals surface area contributed by atoms with Crippen LogP contribution in [0, 0.1) is 0 Å². The monoisotopic (exact) mass is 245 g/mol. The Bertz CT molecular complexity index is 518. The lowest BCUT2D eigenvalue weighted by molar-refractivity contribution is -0.139. The van der Waals surface area contributed by atoms with Gasteiger partial charge in [0.1, 0.15) is 17.9 Å². The molecule has 18 heavy (non-hydrogen) atoms. The van der Waals surface area contributed by atoms with Crippen LogP contribution in [0.1, 0.15) is 11.6 Å². The van der Waals surface area contributed by atoms with Gasteiger partial charge in [0.15, 0.2) is 0 Å². The largest absolute Gasteiger partial charge is 0.497 e. The van der Waals surface area contributed by atoms with Crippen LogP contribution in [0.3, 0.4) is 0 Å². The first-order valence-electron chi connectivity index (χ1n) is 5.31. The number of esters is 1. The fourth-order valence-corrected chi connectivity index (χ4v) is 1.73. The Morgan fingerprint density at radius 3 is 2.67 bits per heavy atom. The Morgan fingerprint density at radius 1 is 1.44 bits per heavy atom. The average Bonchev–Trinajstić information content (AvgIpc) is 2.82. The molecule has 0 amide bonds. The molecule has 0 fully saturated rings. The fraction of sp³-hybridized carbons (Fsp3) is 0.250. The second-order valence-electron chi connectivity index (χ2n) is 3.68. The van der Waals surface area contributed by atoms with Crippen LogP contribution in [0.4, 0.5) is 0 Å². The van der Waals surface area contributed by atoms with E-state index in [4.69, 9.17) is 15.0 Å². The van der Waals surface area contributed by atoms with Gasteiger partial charge in [-0.15, -0.1) is 0 Å². The van der Waals surface area contributed by atoms with Crippen LogP contribution in [0.2, 0.25) is 0 Å². The molecule has 0 aliphatic carbocycles. The van der Waals surface area contributed by atoms with Gasteiger partial charge in [0, 0.05) is 11.0 Å². The molecular weight excluding hydrogens is 234 g/mol. The van der Waals surface area contributed by atoms with Gasteiger partial charge in [-0.2, -0.15) is 0 Å². The molecular formula is C12H11N3O3. The maximum atomic E-state index is 11.0. The topological polar surface area (TPSA) is 84.3 Å². The molecule has 0 N–H and O–H groups in total. The lowest BCUT2D eigenvalue weighted by atomic mass is 10.0.